The van der Waals surface area contributed by atoms with E-state index in [1.165, 1.54) is 0 Å². The normalized spacial score (nSPS) is 14.9. The lowest BCUT2D eigenvalue weighted by atomic mass is 10.1. The summed E-state index contributed by atoms with van der Waals surface area (Å²) in [5.41, 5.74) is 2.15. The molecule has 1 saturated heterocycles. The molecule has 0 bridgehead atoms. The monoisotopic (exact) mass is 399 g/mol. The van der Waals surface area contributed by atoms with Gasteiger partial charge in [-0.15, -0.1) is 0 Å². The Bertz CT molecular complexity index is 842. The molecule has 1 N–H and O–H groups in total. The molecule has 3 rings (SSSR count). The molecule has 2 aromatic rings. The quantitative estimate of drug-likeness (QED) is 0.810. The van der Waals surface area contributed by atoms with Crippen molar-refractivity contribution >= 4 is 29.2 Å². The molecule has 2 aromatic carbocycles. The highest BCUT2D eigenvalue weighted by Gasteiger charge is 2.27. The van der Waals surface area contributed by atoms with E-state index in [1.807, 2.05) is 62.1 Å². The van der Waals surface area contributed by atoms with Crippen molar-refractivity contribution in [1.82, 2.24) is 10.2 Å². The highest BCUT2D eigenvalue weighted by molar-refractivity contribution is 6.30. The lowest BCUT2D eigenvalue weighted by molar-refractivity contribution is 0.0919. The van der Waals surface area contributed by atoms with Crippen LogP contribution < -0.4 is 10.2 Å². The van der Waals surface area contributed by atoms with Crippen molar-refractivity contribution < 1.29 is 9.59 Å². The van der Waals surface area contributed by atoms with E-state index in [4.69, 9.17) is 11.6 Å². The number of urea groups is 1. The third-order valence-electron chi connectivity index (χ3n) is 4.53. The average molecular weight is 400 g/mol. The van der Waals surface area contributed by atoms with Gasteiger partial charge >= 0.3 is 6.03 Å². The second-order valence-corrected chi connectivity index (χ2v) is 8.52. The second kappa shape index (κ2) is 8.23. The maximum absolute atomic E-state index is 13.0. The molecule has 1 fully saturated rings. The van der Waals surface area contributed by atoms with Gasteiger partial charge in [0.25, 0.3) is 5.91 Å². The highest BCUT2D eigenvalue weighted by Crippen LogP contribution is 2.22. The molecule has 1 aliphatic rings. The first-order valence-electron chi connectivity index (χ1n) is 9.46. The number of nitrogens with zero attached hydrogens (tertiary/aromatic N) is 2. The number of benzene rings is 2. The number of carbonyl (C=O) groups excluding carboxylic acids is 2. The molecule has 0 radical (unpaired) electrons. The number of anilines is 1. The summed E-state index contributed by atoms with van der Waals surface area (Å²) in [6.07, 6.45) is 0.894. The van der Waals surface area contributed by atoms with Crippen LogP contribution in [0.4, 0.5) is 10.5 Å². The van der Waals surface area contributed by atoms with Gasteiger partial charge in [-0.2, -0.15) is 0 Å². The third-order valence-corrected chi connectivity index (χ3v) is 4.78. The summed E-state index contributed by atoms with van der Waals surface area (Å²) in [6.45, 7) is 7.79. The minimum atomic E-state index is -0.291. The summed E-state index contributed by atoms with van der Waals surface area (Å²) < 4.78 is 0. The fourth-order valence-electron chi connectivity index (χ4n) is 3.18. The van der Waals surface area contributed by atoms with Crippen LogP contribution in [0.2, 0.25) is 5.02 Å². The van der Waals surface area contributed by atoms with Crippen LogP contribution in [0.15, 0.2) is 48.5 Å². The third kappa shape index (κ3) is 5.04. The molecule has 0 unspecified atom stereocenters. The van der Waals surface area contributed by atoms with Crippen molar-refractivity contribution in [3.63, 3.8) is 0 Å². The fraction of sp³-hybridized carbons (Fsp3) is 0.364. The van der Waals surface area contributed by atoms with Crippen molar-refractivity contribution in [2.75, 3.05) is 18.0 Å². The Morgan fingerprint density at radius 3 is 2.29 bits per heavy atom. The lowest BCUT2D eigenvalue weighted by Crippen LogP contribution is -2.49. The Balaban J connectivity index is 1.69. The highest BCUT2D eigenvalue weighted by atomic mass is 35.5. The summed E-state index contributed by atoms with van der Waals surface area (Å²) >= 11 is 5.94. The van der Waals surface area contributed by atoms with Crippen molar-refractivity contribution in [3.05, 3.63) is 64.7 Å². The van der Waals surface area contributed by atoms with Gasteiger partial charge in [0.2, 0.25) is 0 Å². The summed E-state index contributed by atoms with van der Waals surface area (Å²) in [6, 6.07) is 14.7. The van der Waals surface area contributed by atoms with E-state index in [1.54, 1.807) is 17.0 Å². The van der Waals surface area contributed by atoms with Crippen LogP contribution in [0, 0.1) is 0 Å². The number of carbonyl (C=O) groups is 2. The number of hydrogen-bond acceptors (Lipinski definition) is 2. The number of halogens is 1. The van der Waals surface area contributed by atoms with Crippen molar-refractivity contribution in [2.24, 2.45) is 0 Å². The summed E-state index contributed by atoms with van der Waals surface area (Å²) in [4.78, 5) is 28.8. The van der Waals surface area contributed by atoms with Crippen LogP contribution in [0.25, 0.3) is 0 Å². The van der Waals surface area contributed by atoms with E-state index in [0.717, 1.165) is 24.2 Å². The molecule has 28 heavy (non-hydrogen) atoms. The molecule has 6 heteroatoms. The summed E-state index contributed by atoms with van der Waals surface area (Å²) in [5.74, 6) is -0.117. The first-order valence-corrected chi connectivity index (χ1v) is 9.84. The zero-order valence-electron chi connectivity index (χ0n) is 16.5. The Morgan fingerprint density at radius 1 is 1.04 bits per heavy atom. The van der Waals surface area contributed by atoms with Gasteiger partial charge in [-0.25, -0.2) is 4.79 Å². The maximum Gasteiger partial charge on any atom is 0.324 e. The van der Waals surface area contributed by atoms with Crippen LogP contribution in [0.1, 0.15) is 43.1 Å². The molecule has 0 aromatic heterocycles. The first kappa shape index (κ1) is 20.2. The van der Waals surface area contributed by atoms with E-state index in [2.05, 4.69) is 5.32 Å². The molecule has 148 valence electrons. The second-order valence-electron chi connectivity index (χ2n) is 8.09. The van der Waals surface area contributed by atoms with Crippen molar-refractivity contribution in [2.45, 2.75) is 39.3 Å². The first-order chi connectivity index (χ1) is 13.2. The Kier molecular flexibility index (Phi) is 5.94. The van der Waals surface area contributed by atoms with Gasteiger partial charge in [-0.3, -0.25) is 9.69 Å². The summed E-state index contributed by atoms with van der Waals surface area (Å²) in [5, 5.41) is 3.63. The smallest absolute Gasteiger partial charge is 0.324 e. The van der Waals surface area contributed by atoms with Crippen LogP contribution in [0.5, 0.6) is 0 Å². The topological polar surface area (TPSA) is 52.7 Å². The van der Waals surface area contributed by atoms with E-state index < -0.39 is 0 Å². The van der Waals surface area contributed by atoms with Gasteiger partial charge in [-0.1, -0.05) is 23.7 Å². The lowest BCUT2D eigenvalue weighted by Gasteiger charge is -2.35. The zero-order chi connectivity index (χ0) is 20.3. The number of hydrogen-bond donors (Lipinski definition) is 1. The van der Waals surface area contributed by atoms with Crippen LogP contribution >= 0.6 is 11.6 Å². The zero-order valence-corrected chi connectivity index (χ0v) is 17.3. The van der Waals surface area contributed by atoms with Gasteiger partial charge in [0.05, 0.1) is 0 Å². The van der Waals surface area contributed by atoms with E-state index in [-0.39, 0.29) is 17.5 Å². The number of rotatable bonds is 4. The van der Waals surface area contributed by atoms with Crippen LogP contribution in [0.3, 0.4) is 0 Å². The average Bonchev–Trinajstić information content (AvgIpc) is 2.64. The fourth-order valence-corrected chi connectivity index (χ4v) is 3.31. The van der Waals surface area contributed by atoms with Gasteiger partial charge in [0.15, 0.2) is 0 Å². The molecular weight excluding hydrogens is 374 g/mol. The van der Waals surface area contributed by atoms with Crippen LogP contribution in [-0.2, 0) is 6.54 Å². The molecule has 0 atom stereocenters. The Labute approximate surface area is 171 Å². The SMILES string of the molecule is CC(C)(C)NC(=O)c1ccc(N2CCCN(Cc3ccc(Cl)cc3)C2=O)cc1. The Hall–Kier alpha value is -2.53. The molecule has 3 amide bonds. The van der Waals surface area contributed by atoms with E-state index in [0.29, 0.717) is 23.7 Å². The van der Waals surface area contributed by atoms with Gasteiger partial charge in [0.1, 0.15) is 0 Å². The van der Waals surface area contributed by atoms with Gasteiger partial charge in [-0.05, 0) is 69.2 Å². The minimum absolute atomic E-state index is 0.0203. The van der Waals surface area contributed by atoms with E-state index in [9.17, 15) is 9.59 Å². The molecule has 5 nitrogen and oxygen atoms in total. The number of nitrogens with one attached hydrogen (secondary N) is 1. The molecule has 1 heterocycles. The van der Waals surface area contributed by atoms with Crippen molar-refractivity contribution in [1.29, 1.82) is 0 Å². The summed E-state index contributed by atoms with van der Waals surface area (Å²) in [7, 11) is 0. The molecule has 0 aliphatic carbocycles. The van der Waals surface area contributed by atoms with Gasteiger partial charge < -0.3 is 10.2 Å². The molecule has 0 saturated carbocycles. The molecular formula is C22H26ClN3O2. The largest absolute Gasteiger partial charge is 0.347 e. The van der Waals surface area contributed by atoms with Crippen molar-refractivity contribution in [3.8, 4) is 0 Å². The van der Waals surface area contributed by atoms with E-state index >= 15 is 0 Å². The maximum atomic E-state index is 13.0. The van der Waals surface area contributed by atoms with Crippen LogP contribution in [-0.4, -0.2) is 35.5 Å². The number of amides is 3. The molecule has 0 spiro atoms. The molecule has 1 aliphatic heterocycles. The standard InChI is InChI=1S/C22H26ClN3O2/c1-22(2,3)24-20(27)17-7-11-19(12-8-17)26-14-4-13-25(21(26)28)15-16-5-9-18(23)10-6-16/h5-12H,4,13-15H2,1-3H3,(H,24,27). The van der Waals surface area contributed by atoms with Gasteiger partial charge in [0, 0.05) is 41.4 Å². The minimum Gasteiger partial charge on any atom is -0.347 e. The Morgan fingerprint density at radius 2 is 1.68 bits per heavy atom. The predicted octanol–water partition coefficient (Wildman–Crippen LogP) is 4.70. The predicted molar refractivity (Wildman–Crippen MR) is 113 cm³/mol.